The van der Waals surface area contributed by atoms with Gasteiger partial charge in [-0.2, -0.15) is 0 Å². The highest BCUT2D eigenvalue weighted by molar-refractivity contribution is 6.12. The molecule has 1 saturated heterocycles. The molecule has 0 aliphatic carbocycles. The van der Waals surface area contributed by atoms with Gasteiger partial charge >= 0.3 is 0 Å². The summed E-state index contributed by atoms with van der Waals surface area (Å²) in [6.45, 7) is 7.07. The Morgan fingerprint density at radius 3 is 2.59 bits per heavy atom. The molecule has 0 unspecified atom stereocenters. The SMILES string of the molecule is Cc1nc2c(C(=O)Nc3ccc(N4CCOCC4)cc3)cc(Nc3ncc4cccc(C)c4n3)cc2[nH]1. The zero-order valence-corrected chi connectivity index (χ0v) is 20.7. The summed E-state index contributed by atoms with van der Waals surface area (Å²) in [7, 11) is 0. The largest absolute Gasteiger partial charge is 0.378 e. The van der Waals surface area contributed by atoms with Crippen LogP contribution in [0.3, 0.4) is 0 Å². The van der Waals surface area contributed by atoms with Gasteiger partial charge < -0.3 is 25.3 Å². The summed E-state index contributed by atoms with van der Waals surface area (Å²) in [5.41, 5.74) is 6.31. The lowest BCUT2D eigenvalue weighted by atomic mass is 10.1. The first-order valence-corrected chi connectivity index (χ1v) is 12.3. The van der Waals surface area contributed by atoms with Crippen LogP contribution in [0.1, 0.15) is 21.7 Å². The van der Waals surface area contributed by atoms with Gasteiger partial charge in [0, 0.05) is 41.7 Å². The van der Waals surface area contributed by atoms with Crippen molar-refractivity contribution in [2.24, 2.45) is 0 Å². The zero-order chi connectivity index (χ0) is 25.4. The standard InChI is InChI=1S/C28H27N7O2/c1-17-4-3-5-19-16-29-28(34-25(17)19)33-21-14-23(26-24(15-21)30-18(2)31-26)27(36)32-20-6-8-22(9-7-20)35-10-12-37-13-11-35/h3-9,14-16H,10-13H2,1-2H3,(H,30,31)(H,32,36)(H,29,33,34). The first-order valence-electron chi connectivity index (χ1n) is 12.3. The monoisotopic (exact) mass is 493 g/mol. The van der Waals surface area contributed by atoms with Gasteiger partial charge in [0.25, 0.3) is 5.91 Å². The predicted octanol–water partition coefficient (Wildman–Crippen LogP) is 4.96. The highest BCUT2D eigenvalue weighted by Gasteiger charge is 2.17. The lowest BCUT2D eigenvalue weighted by Gasteiger charge is -2.28. The van der Waals surface area contributed by atoms with Gasteiger partial charge in [-0.05, 0) is 55.8 Å². The Kier molecular flexibility index (Phi) is 5.90. The second-order valence-electron chi connectivity index (χ2n) is 9.17. The molecule has 2 aromatic heterocycles. The van der Waals surface area contributed by atoms with Crippen molar-refractivity contribution in [3.8, 4) is 0 Å². The summed E-state index contributed by atoms with van der Waals surface area (Å²) in [6.07, 6.45) is 1.80. The summed E-state index contributed by atoms with van der Waals surface area (Å²) in [6, 6.07) is 17.6. The molecule has 37 heavy (non-hydrogen) atoms. The average Bonchev–Trinajstić information content (AvgIpc) is 3.29. The number of ether oxygens (including phenoxy) is 1. The van der Waals surface area contributed by atoms with E-state index >= 15 is 0 Å². The third-order valence-corrected chi connectivity index (χ3v) is 6.52. The van der Waals surface area contributed by atoms with E-state index in [4.69, 9.17) is 4.74 Å². The van der Waals surface area contributed by atoms with Crippen molar-refractivity contribution in [2.75, 3.05) is 41.8 Å². The van der Waals surface area contributed by atoms with E-state index in [2.05, 4.69) is 35.5 Å². The fraction of sp³-hybridized carbons (Fsp3) is 0.214. The number of anilines is 4. The Labute approximate surface area is 213 Å². The molecule has 9 heteroatoms. The number of hydrogen-bond donors (Lipinski definition) is 3. The number of aryl methyl sites for hydroxylation is 2. The summed E-state index contributed by atoms with van der Waals surface area (Å²) >= 11 is 0. The van der Waals surface area contributed by atoms with Crippen molar-refractivity contribution in [1.82, 2.24) is 19.9 Å². The molecule has 0 saturated carbocycles. The van der Waals surface area contributed by atoms with E-state index in [1.165, 1.54) is 0 Å². The summed E-state index contributed by atoms with van der Waals surface area (Å²) in [5.74, 6) is 0.950. The van der Waals surface area contributed by atoms with E-state index < -0.39 is 0 Å². The maximum absolute atomic E-state index is 13.4. The second-order valence-corrected chi connectivity index (χ2v) is 9.17. The fourth-order valence-electron chi connectivity index (χ4n) is 4.65. The Hall–Kier alpha value is -4.50. The number of carbonyl (C=O) groups excluding carboxylic acids is 1. The molecule has 1 aliphatic heterocycles. The van der Waals surface area contributed by atoms with Crippen LogP contribution < -0.4 is 15.5 Å². The van der Waals surface area contributed by atoms with E-state index in [9.17, 15) is 4.79 Å². The quantitative estimate of drug-likeness (QED) is 0.318. The zero-order valence-electron chi connectivity index (χ0n) is 20.7. The maximum Gasteiger partial charge on any atom is 0.258 e. The van der Waals surface area contributed by atoms with Gasteiger partial charge in [-0.3, -0.25) is 4.79 Å². The Balaban J connectivity index is 1.28. The number of H-pyrrole nitrogens is 1. The number of fused-ring (bicyclic) bond motifs is 2. The molecule has 0 spiro atoms. The lowest BCUT2D eigenvalue weighted by molar-refractivity contribution is 0.102. The van der Waals surface area contributed by atoms with Crippen LogP contribution in [0.25, 0.3) is 21.9 Å². The molecule has 0 radical (unpaired) electrons. The molecule has 1 aliphatic rings. The van der Waals surface area contributed by atoms with Crippen molar-refractivity contribution < 1.29 is 9.53 Å². The molecular weight excluding hydrogens is 466 g/mol. The number of rotatable bonds is 5. The normalized spacial score (nSPS) is 13.7. The summed E-state index contributed by atoms with van der Waals surface area (Å²) in [4.78, 5) is 32.6. The van der Waals surface area contributed by atoms with E-state index in [1.54, 1.807) is 12.3 Å². The van der Waals surface area contributed by atoms with Crippen molar-refractivity contribution in [1.29, 1.82) is 0 Å². The molecule has 3 heterocycles. The molecule has 5 aromatic rings. The minimum absolute atomic E-state index is 0.241. The Morgan fingerprint density at radius 1 is 0.973 bits per heavy atom. The number of para-hydroxylation sites is 1. The van der Waals surface area contributed by atoms with E-state index in [1.807, 2.05) is 62.4 Å². The average molecular weight is 494 g/mol. The first kappa shape index (κ1) is 22.9. The molecule has 9 nitrogen and oxygen atoms in total. The van der Waals surface area contributed by atoms with Crippen LogP contribution in [0.2, 0.25) is 0 Å². The minimum atomic E-state index is -0.241. The first-order chi connectivity index (χ1) is 18.0. The smallest absolute Gasteiger partial charge is 0.258 e. The van der Waals surface area contributed by atoms with Crippen molar-refractivity contribution >= 4 is 50.9 Å². The second kappa shape index (κ2) is 9.51. The number of imidazole rings is 1. The van der Waals surface area contributed by atoms with Crippen LogP contribution in [0, 0.1) is 13.8 Å². The van der Waals surface area contributed by atoms with Gasteiger partial charge in [-0.1, -0.05) is 18.2 Å². The number of nitrogens with zero attached hydrogens (tertiary/aromatic N) is 4. The number of carbonyl (C=O) groups is 1. The van der Waals surface area contributed by atoms with Gasteiger partial charge in [0.15, 0.2) is 0 Å². The van der Waals surface area contributed by atoms with Gasteiger partial charge in [-0.25, -0.2) is 15.0 Å². The van der Waals surface area contributed by atoms with E-state index in [0.717, 1.165) is 59.8 Å². The molecule has 1 fully saturated rings. The molecule has 6 rings (SSSR count). The van der Waals surface area contributed by atoms with Gasteiger partial charge in [0.1, 0.15) is 11.3 Å². The topological polar surface area (TPSA) is 108 Å². The molecular formula is C28H27N7O2. The highest BCUT2D eigenvalue weighted by Crippen LogP contribution is 2.27. The fourth-order valence-corrected chi connectivity index (χ4v) is 4.65. The number of nitrogens with one attached hydrogen (secondary N) is 3. The third-order valence-electron chi connectivity index (χ3n) is 6.52. The van der Waals surface area contributed by atoms with Gasteiger partial charge in [0.2, 0.25) is 5.95 Å². The third kappa shape index (κ3) is 4.68. The highest BCUT2D eigenvalue weighted by atomic mass is 16.5. The molecule has 0 atom stereocenters. The van der Waals surface area contributed by atoms with Crippen molar-refractivity contribution in [3.05, 3.63) is 77.7 Å². The molecule has 3 N–H and O–H groups in total. The van der Waals surface area contributed by atoms with Crippen LogP contribution >= 0.6 is 0 Å². The summed E-state index contributed by atoms with van der Waals surface area (Å²) < 4.78 is 5.43. The lowest BCUT2D eigenvalue weighted by Crippen LogP contribution is -2.36. The van der Waals surface area contributed by atoms with Crippen molar-refractivity contribution in [2.45, 2.75) is 13.8 Å². The number of hydrogen-bond acceptors (Lipinski definition) is 7. The van der Waals surface area contributed by atoms with Crippen molar-refractivity contribution in [3.63, 3.8) is 0 Å². The number of morpholine rings is 1. The van der Waals surface area contributed by atoms with Gasteiger partial charge in [0.05, 0.1) is 29.8 Å². The number of benzene rings is 3. The van der Waals surface area contributed by atoms with Crippen LogP contribution in [-0.4, -0.2) is 52.1 Å². The Bertz CT molecular complexity index is 1610. The minimum Gasteiger partial charge on any atom is -0.378 e. The maximum atomic E-state index is 13.4. The number of aromatic amines is 1. The van der Waals surface area contributed by atoms with Crippen LogP contribution in [0.4, 0.5) is 23.0 Å². The molecule has 186 valence electrons. The summed E-state index contributed by atoms with van der Waals surface area (Å²) in [5, 5.41) is 7.26. The van der Waals surface area contributed by atoms with Crippen LogP contribution in [0.5, 0.6) is 0 Å². The molecule has 0 bridgehead atoms. The predicted molar refractivity (Wildman–Crippen MR) is 146 cm³/mol. The number of amides is 1. The molecule has 1 amide bonds. The van der Waals surface area contributed by atoms with Crippen LogP contribution in [-0.2, 0) is 4.74 Å². The van der Waals surface area contributed by atoms with Gasteiger partial charge in [-0.15, -0.1) is 0 Å². The van der Waals surface area contributed by atoms with Crippen LogP contribution in [0.15, 0.2) is 60.8 Å². The van der Waals surface area contributed by atoms with E-state index in [-0.39, 0.29) is 5.91 Å². The molecule has 3 aromatic carbocycles. The number of aromatic nitrogens is 4. The Morgan fingerprint density at radius 2 is 1.78 bits per heavy atom. The van der Waals surface area contributed by atoms with E-state index in [0.29, 0.717) is 28.4 Å².